The summed E-state index contributed by atoms with van der Waals surface area (Å²) in [6.45, 7) is 7.27. The number of nitrogens with zero attached hydrogens (tertiary/aromatic N) is 2. The fraction of sp³-hybridized carbons (Fsp3) is 0.345. The van der Waals surface area contributed by atoms with Crippen molar-refractivity contribution < 1.29 is 14.3 Å². The van der Waals surface area contributed by atoms with Crippen LogP contribution in [-0.2, 0) is 17.8 Å². The van der Waals surface area contributed by atoms with E-state index in [4.69, 9.17) is 9.47 Å². The Labute approximate surface area is 208 Å². The molecule has 3 aromatic rings. The van der Waals surface area contributed by atoms with Crippen LogP contribution in [-0.4, -0.2) is 61.6 Å². The molecule has 0 spiro atoms. The van der Waals surface area contributed by atoms with Gasteiger partial charge in [0.05, 0.1) is 13.2 Å². The van der Waals surface area contributed by atoms with E-state index in [9.17, 15) is 4.79 Å². The standard InChI is InChI=1S/C29H35N3O3/c1-23(32-20-18-31(19-21-32)17-16-24-8-12-27(34-2)13-9-24)29(33)30-26-10-14-28(15-11-26)35-22-25-6-4-3-5-7-25/h3-15,23H,16-22H2,1-2H3,(H,30,33). The summed E-state index contributed by atoms with van der Waals surface area (Å²) in [7, 11) is 1.69. The molecule has 184 valence electrons. The maximum atomic E-state index is 12.8. The Balaban J connectivity index is 1.18. The van der Waals surface area contributed by atoms with Crippen molar-refractivity contribution in [3.63, 3.8) is 0 Å². The van der Waals surface area contributed by atoms with E-state index in [1.807, 2.05) is 73.7 Å². The van der Waals surface area contributed by atoms with E-state index >= 15 is 0 Å². The molecule has 3 aromatic carbocycles. The maximum absolute atomic E-state index is 12.8. The van der Waals surface area contributed by atoms with Gasteiger partial charge in [0.25, 0.3) is 0 Å². The molecule has 35 heavy (non-hydrogen) atoms. The molecule has 1 atom stereocenters. The third-order valence-corrected chi connectivity index (χ3v) is 6.58. The molecule has 0 aliphatic carbocycles. The van der Waals surface area contributed by atoms with Crippen molar-refractivity contribution in [1.29, 1.82) is 0 Å². The van der Waals surface area contributed by atoms with Crippen LogP contribution in [0, 0.1) is 0 Å². The number of carbonyl (C=O) groups excluding carboxylic acids is 1. The minimum Gasteiger partial charge on any atom is -0.497 e. The molecule has 1 saturated heterocycles. The molecule has 6 heteroatoms. The average molecular weight is 474 g/mol. The lowest BCUT2D eigenvalue weighted by atomic mass is 10.1. The number of carbonyl (C=O) groups is 1. The fourth-order valence-electron chi connectivity index (χ4n) is 4.24. The SMILES string of the molecule is COc1ccc(CCN2CCN(C(C)C(=O)Nc3ccc(OCc4ccccc4)cc3)CC2)cc1. The highest BCUT2D eigenvalue weighted by Gasteiger charge is 2.25. The van der Waals surface area contributed by atoms with Gasteiger partial charge in [0.2, 0.25) is 5.91 Å². The molecule has 1 aliphatic heterocycles. The molecule has 0 bridgehead atoms. The number of methoxy groups -OCH3 is 1. The molecule has 4 rings (SSSR count). The van der Waals surface area contributed by atoms with Gasteiger partial charge in [-0.1, -0.05) is 42.5 Å². The molecule has 6 nitrogen and oxygen atoms in total. The van der Waals surface area contributed by atoms with Gasteiger partial charge in [-0.05, 0) is 60.9 Å². The first-order valence-electron chi connectivity index (χ1n) is 12.3. The highest BCUT2D eigenvalue weighted by Crippen LogP contribution is 2.18. The Morgan fingerprint density at radius 1 is 0.857 bits per heavy atom. The Hall–Kier alpha value is -3.35. The average Bonchev–Trinajstić information content (AvgIpc) is 2.92. The van der Waals surface area contributed by atoms with Gasteiger partial charge in [0.1, 0.15) is 18.1 Å². The summed E-state index contributed by atoms with van der Waals surface area (Å²) in [6.07, 6.45) is 1.02. The number of hydrogen-bond acceptors (Lipinski definition) is 5. The summed E-state index contributed by atoms with van der Waals surface area (Å²) in [6, 6.07) is 25.7. The number of anilines is 1. The molecule has 1 aliphatic rings. The Morgan fingerprint density at radius 3 is 2.17 bits per heavy atom. The number of piperazine rings is 1. The van der Waals surface area contributed by atoms with Crippen molar-refractivity contribution in [3.8, 4) is 11.5 Å². The topological polar surface area (TPSA) is 54.0 Å². The first-order valence-corrected chi connectivity index (χ1v) is 12.3. The number of amides is 1. The lowest BCUT2D eigenvalue weighted by Crippen LogP contribution is -2.53. The van der Waals surface area contributed by atoms with Crippen LogP contribution in [0.3, 0.4) is 0 Å². The summed E-state index contributed by atoms with van der Waals surface area (Å²) < 4.78 is 11.1. The van der Waals surface area contributed by atoms with Crippen molar-refractivity contribution in [2.45, 2.75) is 26.0 Å². The summed E-state index contributed by atoms with van der Waals surface area (Å²) in [4.78, 5) is 17.6. The molecule has 1 unspecified atom stereocenters. The molecular weight excluding hydrogens is 438 g/mol. The summed E-state index contributed by atoms with van der Waals surface area (Å²) in [5, 5.41) is 3.05. The Kier molecular flexibility index (Phi) is 8.76. The minimum absolute atomic E-state index is 0.0228. The predicted molar refractivity (Wildman–Crippen MR) is 140 cm³/mol. The third kappa shape index (κ3) is 7.31. The first kappa shape index (κ1) is 24.8. The van der Waals surface area contributed by atoms with Gasteiger partial charge in [-0.15, -0.1) is 0 Å². The molecular formula is C29H35N3O3. The van der Waals surface area contributed by atoms with E-state index in [1.165, 1.54) is 5.56 Å². The van der Waals surface area contributed by atoms with Gasteiger partial charge in [0.15, 0.2) is 0 Å². The zero-order valence-electron chi connectivity index (χ0n) is 20.7. The van der Waals surface area contributed by atoms with E-state index < -0.39 is 0 Å². The van der Waals surface area contributed by atoms with Crippen LogP contribution in [0.25, 0.3) is 0 Å². The Morgan fingerprint density at radius 2 is 1.51 bits per heavy atom. The summed E-state index contributed by atoms with van der Waals surface area (Å²) in [5.74, 6) is 1.70. The van der Waals surface area contributed by atoms with Crippen molar-refractivity contribution >= 4 is 11.6 Å². The van der Waals surface area contributed by atoms with Gasteiger partial charge in [-0.2, -0.15) is 0 Å². The van der Waals surface area contributed by atoms with E-state index in [1.54, 1.807) is 7.11 Å². The number of hydrogen-bond donors (Lipinski definition) is 1. The highest BCUT2D eigenvalue weighted by atomic mass is 16.5. The van der Waals surface area contributed by atoms with E-state index in [0.717, 1.165) is 61.9 Å². The van der Waals surface area contributed by atoms with Crippen molar-refractivity contribution in [2.75, 3.05) is 45.2 Å². The highest BCUT2D eigenvalue weighted by molar-refractivity contribution is 5.94. The molecule has 1 N–H and O–H groups in total. The van der Waals surface area contributed by atoms with E-state index in [-0.39, 0.29) is 11.9 Å². The molecule has 1 amide bonds. The van der Waals surface area contributed by atoms with Gasteiger partial charge in [-0.3, -0.25) is 9.69 Å². The number of ether oxygens (including phenoxy) is 2. The lowest BCUT2D eigenvalue weighted by Gasteiger charge is -2.37. The summed E-state index contributed by atoms with van der Waals surface area (Å²) in [5.41, 5.74) is 3.23. The second kappa shape index (κ2) is 12.4. The number of nitrogens with one attached hydrogen (secondary N) is 1. The van der Waals surface area contributed by atoms with Crippen LogP contribution in [0.1, 0.15) is 18.1 Å². The van der Waals surface area contributed by atoms with Crippen LogP contribution in [0.15, 0.2) is 78.9 Å². The zero-order chi connectivity index (χ0) is 24.5. The van der Waals surface area contributed by atoms with Gasteiger partial charge in [0, 0.05) is 38.4 Å². The molecule has 0 aromatic heterocycles. The van der Waals surface area contributed by atoms with Gasteiger partial charge >= 0.3 is 0 Å². The largest absolute Gasteiger partial charge is 0.497 e. The zero-order valence-corrected chi connectivity index (χ0v) is 20.7. The van der Waals surface area contributed by atoms with E-state index in [2.05, 4.69) is 27.2 Å². The lowest BCUT2D eigenvalue weighted by molar-refractivity contribution is -0.121. The van der Waals surface area contributed by atoms with Crippen LogP contribution in [0.5, 0.6) is 11.5 Å². The second-order valence-electron chi connectivity index (χ2n) is 8.94. The van der Waals surface area contributed by atoms with Crippen molar-refractivity contribution in [1.82, 2.24) is 9.80 Å². The second-order valence-corrected chi connectivity index (χ2v) is 8.94. The molecule has 0 radical (unpaired) electrons. The van der Waals surface area contributed by atoms with Crippen molar-refractivity contribution in [3.05, 3.63) is 90.0 Å². The number of rotatable bonds is 10. The van der Waals surface area contributed by atoms with Crippen LogP contribution in [0.2, 0.25) is 0 Å². The van der Waals surface area contributed by atoms with Crippen LogP contribution < -0.4 is 14.8 Å². The fourth-order valence-corrected chi connectivity index (χ4v) is 4.24. The third-order valence-electron chi connectivity index (χ3n) is 6.58. The quantitative estimate of drug-likeness (QED) is 0.471. The number of benzene rings is 3. The predicted octanol–water partition coefficient (Wildman–Crippen LogP) is 4.46. The van der Waals surface area contributed by atoms with Crippen LogP contribution in [0.4, 0.5) is 5.69 Å². The Bertz CT molecular complexity index is 1050. The normalized spacial score (nSPS) is 15.4. The smallest absolute Gasteiger partial charge is 0.241 e. The molecule has 1 heterocycles. The van der Waals surface area contributed by atoms with Crippen molar-refractivity contribution in [2.24, 2.45) is 0 Å². The minimum atomic E-state index is -0.173. The van der Waals surface area contributed by atoms with Crippen LogP contribution >= 0.6 is 0 Å². The first-order chi connectivity index (χ1) is 17.1. The van der Waals surface area contributed by atoms with Gasteiger partial charge in [-0.25, -0.2) is 0 Å². The van der Waals surface area contributed by atoms with E-state index in [0.29, 0.717) is 6.61 Å². The maximum Gasteiger partial charge on any atom is 0.241 e. The monoisotopic (exact) mass is 473 g/mol. The molecule has 0 saturated carbocycles. The van der Waals surface area contributed by atoms with Gasteiger partial charge < -0.3 is 19.7 Å². The summed E-state index contributed by atoms with van der Waals surface area (Å²) >= 11 is 0. The molecule has 1 fully saturated rings.